The van der Waals surface area contributed by atoms with Crippen molar-refractivity contribution in [3.63, 3.8) is 0 Å². The van der Waals surface area contributed by atoms with E-state index in [-0.39, 0.29) is 18.1 Å². The third-order valence-electron chi connectivity index (χ3n) is 5.57. The molecule has 2 aromatic heterocycles. The van der Waals surface area contributed by atoms with Crippen LogP contribution in [-0.2, 0) is 11.3 Å². The molecule has 1 aliphatic rings. The van der Waals surface area contributed by atoms with E-state index in [4.69, 9.17) is 21.3 Å². The number of nitriles is 1. The van der Waals surface area contributed by atoms with Crippen molar-refractivity contribution in [2.45, 2.75) is 49.8 Å². The van der Waals surface area contributed by atoms with Gasteiger partial charge in [-0.15, -0.1) is 10.2 Å². The van der Waals surface area contributed by atoms with Crippen LogP contribution in [0.5, 0.6) is 0 Å². The van der Waals surface area contributed by atoms with Gasteiger partial charge < -0.3 is 9.32 Å². The largest absolute Gasteiger partial charge is 0.467 e. The van der Waals surface area contributed by atoms with E-state index in [2.05, 4.69) is 20.8 Å². The maximum atomic E-state index is 13.0. The van der Waals surface area contributed by atoms with E-state index in [9.17, 15) is 4.79 Å². The summed E-state index contributed by atoms with van der Waals surface area (Å²) in [7, 11) is 0. The van der Waals surface area contributed by atoms with E-state index < -0.39 is 0 Å². The summed E-state index contributed by atoms with van der Waals surface area (Å²) in [6, 6.07) is 13.7. The minimum Gasteiger partial charge on any atom is -0.467 e. The van der Waals surface area contributed by atoms with Gasteiger partial charge in [0, 0.05) is 18.2 Å². The van der Waals surface area contributed by atoms with Gasteiger partial charge in [-0.1, -0.05) is 48.3 Å². The number of halogens is 1. The van der Waals surface area contributed by atoms with Crippen LogP contribution in [0.1, 0.15) is 43.9 Å². The molecule has 0 N–H and O–H groups in total. The Hall–Kier alpha value is -2.76. The molecule has 0 spiro atoms. The molecule has 0 radical (unpaired) electrons. The molecule has 166 valence electrons. The molecule has 3 aromatic rings. The van der Waals surface area contributed by atoms with Gasteiger partial charge in [0.1, 0.15) is 5.76 Å². The van der Waals surface area contributed by atoms with Gasteiger partial charge in [-0.05, 0) is 37.1 Å². The van der Waals surface area contributed by atoms with Gasteiger partial charge in [-0.25, -0.2) is 0 Å². The maximum absolute atomic E-state index is 13.0. The number of rotatable bonds is 9. The van der Waals surface area contributed by atoms with E-state index >= 15 is 0 Å². The average molecular weight is 470 g/mol. The third kappa shape index (κ3) is 5.17. The summed E-state index contributed by atoms with van der Waals surface area (Å²) in [5.41, 5.74) is 0.847. The lowest BCUT2D eigenvalue weighted by Gasteiger charge is -2.21. The van der Waals surface area contributed by atoms with Crippen LogP contribution in [0.2, 0.25) is 5.02 Å². The highest BCUT2D eigenvalue weighted by molar-refractivity contribution is 7.99. The smallest absolute Gasteiger partial charge is 0.233 e. The van der Waals surface area contributed by atoms with Crippen molar-refractivity contribution in [3.8, 4) is 17.5 Å². The van der Waals surface area contributed by atoms with Gasteiger partial charge in [0.05, 0.1) is 36.1 Å². The van der Waals surface area contributed by atoms with Crippen LogP contribution >= 0.6 is 23.4 Å². The zero-order valence-corrected chi connectivity index (χ0v) is 19.2. The predicted molar refractivity (Wildman–Crippen MR) is 123 cm³/mol. The molecule has 2 heterocycles. The summed E-state index contributed by atoms with van der Waals surface area (Å²) in [6.07, 6.45) is 6.30. The fourth-order valence-electron chi connectivity index (χ4n) is 3.98. The second-order valence-electron chi connectivity index (χ2n) is 7.69. The van der Waals surface area contributed by atoms with Gasteiger partial charge in [0.25, 0.3) is 0 Å². The molecular weight excluding hydrogens is 446 g/mol. The fraction of sp³-hybridized carbons (Fsp3) is 0.391. The second-order valence-corrected chi connectivity index (χ2v) is 9.04. The zero-order chi connectivity index (χ0) is 22.3. The molecular formula is C23H24ClN5O2S. The Morgan fingerprint density at radius 3 is 2.78 bits per heavy atom. The normalized spacial score (nSPS) is 13.9. The zero-order valence-electron chi connectivity index (χ0n) is 17.6. The first-order valence-electron chi connectivity index (χ1n) is 10.7. The highest BCUT2D eigenvalue weighted by Crippen LogP contribution is 2.38. The van der Waals surface area contributed by atoms with Crippen LogP contribution in [0.15, 0.2) is 52.2 Å². The molecule has 0 unspecified atom stereocenters. The summed E-state index contributed by atoms with van der Waals surface area (Å²) in [5, 5.41) is 19.2. The summed E-state index contributed by atoms with van der Waals surface area (Å²) in [5.74, 6) is 1.58. The predicted octanol–water partition coefficient (Wildman–Crippen LogP) is 5.34. The Kier molecular flexibility index (Phi) is 7.51. The summed E-state index contributed by atoms with van der Waals surface area (Å²) in [4.78, 5) is 14.6. The Morgan fingerprint density at radius 1 is 1.25 bits per heavy atom. The van der Waals surface area contributed by atoms with E-state index in [1.165, 1.54) is 24.6 Å². The van der Waals surface area contributed by atoms with Crippen LogP contribution in [0.4, 0.5) is 0 Å². The summed E-state index contributed by atoms with van der Waals surface area (Å²) >= 11 is 7.83. The van der Waals surface area contributed by atoms with Crippen molar-refractivity contribution in [2.24, 2.45) is 0 Å². The number of carbonyl (C=O) groups excluding carboxylic acids is 1. The van der Waals surface area contributed by atoms with E-state index in [0.717, 1.165) is 29.4 Å². The van der Waals surface area contributed by atoms with Crippen LogP contribution in [-0.4, -0.2) is 37.9 Å². The molecule has 0 saturated heterocycles. The molecule has 7 nitrogen and oxygen atoms in total. The van der Waals surface area contributed by atoms with Gasteiger partial charge in [0.15, 0.2) is 11.0 Å². The number of hydrogen-bond acceptors (Lipinski definition) is 6. The molecule has 0 atom stereocenters. The van der Waals surface area contributed by atoms with Gasteiger partial charge in [0.2, 0.25) is 5.91 Å². The molecule has 4 rings (SSSR count). The quantitative estimate of drug-likeness (QED) is 0.393. The van der Waals surface area contributed by atoms with Crippen molar-refractivity contribution in [1.29, 1.82) is 5.26 Å². The molecule has 1 aliphatic carbocycles. The number of furan rings is 1. The van der Waals surface area contributed by atoms with Gasteiger partial charge >= 0.3 is 0 Å². The van der Waals surface area contributed by atoms with Gasteiger partial charge in [-0.3, -0.25) is 9.36 Å². The van der Waals surface area contributed by atoms with E-state index in [0.29, 0.717) is 29.9 Å². The molecule has 1 saturated carbocycles. The molecule has 9 heteroatoms. The summed E-state index contributed by atoms with van der Waals surface area (Å²) in [6.45, 7) is 0.699. The first-order chi connectivity index (χ1) is 15.7. The van der Waals surface area contributed by atoms with Crippen LogP contribution < -0.4 is 0 Å². The molecule has 1 amide bonds. The van der Waals surface area contributed by atoms with Crippen molar-refractivity contribution in [1.82, 2.24) is 19.7 Å². The number of carbonyl (C=O) groups is 1. The lowest BCUT2D eigenvalue weighted by molar-refractivity contribution is -0.129. The van der Waals surface area contributed by atoms with Crippen molar-refractivity contribution < 1.29 is 9.21 Å². The molecule has 1 aromatic carbocycles. The number of nitrogens with zero attached hydrogens (tertiary/aromatic N) is 5. The molecule has 0 bridgehead atoms. The van der Waals surface area contributed by atoms with Gasteiger partial charge in [-0.2, -0.15) is 5.26 Å². The first-order valence-corrected chi connectivity index (χ1v) is 12.0. The lowest BCUT2D eigenvalue weighted by atomic mass is 10.2. The monoisotopic (exact) mass is 469 g/mol. The highest BCUT2D eigenvalue weighted by atomic mass is 35.5. The molecule has 1 fully saturated rings. The number of amides is 1. The molecule has 32 heavy (non-hydrogen) atoms. The van der Waals surface area contributed by atoms with Crippen molar-refractivity contribution in [2.75, 3.05) is 12.3 Å². The molecule has 0 aliphatic heterocycles. The van der Waals surface area contributed by atoms with Crippen LogP contribution in [0.25, 0.3) is 11.4 Å². The lowest BCUT2D eigenvalue weighted by Crippen LogP contribution is -2.32. The Bertz CT molecular complexity index is 1090. The van der Waals surface area contributed by atoms with Crippen molar-refractivity contribution in [3.05, 3.63) is 53.4 Å². The number of hydrogen-bond donors (Lipinski definition) is 0. The average Bonchev–Trinajstić information content (AvgIpc) is 3.57. The minimum atomic E-state index is -0.0677. The summed E-state index contributed by atoms with van der Waals surface area (Å²) < 4.78 is 7.54. The fourth-order valence-corrected chi connectivity index (χ4v) is 5.11. The Labute approximate surface area is 196 Å². The van der Waals surface area contributed by atoms with Crippen LogP contribution in [0.3, 0.4) is 0 Å². The number of benzene rings is 1. The number of thioether (sulfide) groups is 1. The highest BCUT2D eigenvalue weighted by Gasteiger charge is 2.26. The second kappa shape index (κ2) is 10.7. The number of aromatic nitrogens is 3. The van der Waals surface area contributed by atoms with E-state index in [1.807, 2.05) is 30.3 Å². The standard InChI is InChI=1S/C23H24ClN5O2S/c24-20-11-4-3-10-19(20)22-26-27-23(29(22)17-7-1-2-8-17)32-16-21(30)28(13-6-12-25)15-18-9-5-14-31-18/h3-5,9-11,14,17H,1-2,6-8,13,15-16H2. The maximum Gasteiger partial charge on any atom is 0.233 e. The topological polar surface area (TPSA) is 87.9 Å². The minimum absolute atomic E-state index is 0.0677. The Balaban J connectivity index is 1.53. The third-order valence-corrected chi connectivity index (χ3v) is 6.82. The van der Waals surface area contributed by atoms with Crippen molar-refractivity contribution >= 4 is 29.3 Å². The SMILES string of the molecule is N#CCCN(Cc1ccco1)C(=O)CSc1nnc(-c2ccccc2Cl)n1C1CCCC1. The van der Waals surface area contributed by atoms with E-state index in [1.54, 1.807) is 17.2 Å². The Morgan fingerprint density at radius 2 is 2.06 bits per heavy atom. The first kappa shape index (κ1) is 22.4. The van der Waals surface area contributed by atoms with Crippen LogP contribution in [0, 0.1) is 11.3 Å².